The largest absolute Gasteiger partial charge is 0.507 e. The van der Waals surface area contributed by atoms with Crippen LogP contribution in [0.4, 0.5) is 0 Å². The Morgan fingerprint density at radius 1 is 1.31 bits per heavy atom. The van der Waals surface area contributed by atoms with Crippen LogP contribution in [0.15, 0.2) is 23.6 Å². The second kappa shape index (κ2) is 2.48. The minimum Gasteiger partial charge on any atom is -0.507 e. The molecule has 0 spiro atoms. The average molecular weight is 190 g/mol. The summed E-state index contributed by atoms with van der Waals surface area (Å²) in [5, 5.41) is 13.0. The predicted molar refractivity (Wildman–Crippen MR) is 55.5 cm³/mol. The molecule has 1 aliphatic carbocycles. The molecule has 66 valence electrons. The molecular weight excluding hydrogens is 180 g/mol. The maximum atomic E-state index is 9.72. The molecule has 1 fully saturated rings. The first-order chi connectivity index (χ1) is 6.36. The predicted octanol–water partition coefficient (Wildman–Crippen LogP) is 3.48. The average Bonchev–Trinajstić information content (AvgIpc) is 2.87. The van der Waals surface area contributed by atoms with Gasteiger partial charge in [-0.1, -0.05) is 6.07 Å². The van der Waals surface area contributed by atoms with Crippen LogP contribution in [0.25, 0.3) is 10.1 Å². The number of hydrogen-bond acceptors (Lipinski definition) is 2. The van der Waals surface area contributed by atoms with E-state index < -0.39 is 0 Å². The summed E-state index contributed by atoms with van der Waals surface area (Å²) in [6.07, 6.45) is 2.58. The van der Waals surface area contributed by atoms with Crippen LogP contribution in [-0.2, 0) is 0 Å². The van der Waals surface area contributed by atoms with E-state index in [1.165, 1.54) is 23.1 Å². The van der Waals surface area contributed by atoms with Crippen molar-refractivity contribution in [2.75, 3.05) is 0 Å². The molecule has 1 N–H and O–H groups in total. The van der Waals surface area contributed by atoms with Crippen LogP contribution < -0.4 is 0 Å². The van der Waals surface area contributed by atoms with E-state index in [1.54, 1.807) is 17.4 Å². The molecule has 0 aliphatic heterocycles. The van der Waals surface area contributed by atoms with Gasteiger partial charge in [0.05, 0.1) is 0 Å². The molecule has 1 heterocycles. The Hall–Kier alpha value is -1.02. The lowest BCUT2D eigenvalue weighted by Gasteiger charge is -1.97. The van der Waals surface area contributed by atoms with Crippen molar-refractivity contribution < 1.29 is 5.11 Å². The topological polar surface area (TPSA) is 20.2 Å². The van der Waals surface area contributed by atoms with Gasteiger partial charge in [0.1, 0.15) is 5.75 Å². The zero-order valence-electron chi connectivity index (χ0n) is 7.16. The third kappa shape index (κ3) is 1.05. The molecule has 2 aromatic rings. The minimum absolute atomic E-state index is 0.445. The molecule has 0 amide bonds. The molecule has 0 radical (unpaired) electrons. The van der Waals surface area contributed by atoms with Crippen molar-refractivity contribution in [2.24, 2.45) is 0 Å². The lowest BCUT2D eigenvalue weighted by atomic mass is 10.1. The zero-order valence-corrected chi connectivity index (χ0v) is 7.97. The Bertz CT molecular complexity index is 454. The number of rotatable bonds is 1. The molecule has 0 atom stereocenters. The summed E-state index contributed by atoms with van der Waals surface area (Å²) in [4.78, 5) is 0. The van der Waals surface area contributed by atoms with Crippen LogP contribution in [0.3, 0.4) is 0 Å². The summed E-state index contributed by atoms with van der Waals surface area (Å²) in [5.41, 5.74) is 1.36. The summed E-state index contributed by atoms with van der Waals surface area (Å²) in [6, 6.07) is 5.76. The smallest absolute Gasteiger partial charge is 0.124 e. The van der Waals surface area contributed by atoms with E-state index in [-0.39, 0.29) is 0 Å². The lowest BCUT2D eigenvalue weighted by molar-refractivity contribution is 0.481. The summed E-state index contributed by atoms with van der Waals surface area (Å²) >= 11 is 1.74. The van der Waals surface area contributed by atoms with Gasteiger partial charge in [0, 0.05) is 10.1 Å². The Morgan fingerprint density at radius 2 is 2.15 bits per heavy atom. The van der Waals surface area contributed by atoms with Gasteiger partial charge in [-0.25, -0.2) is 0 Å². The number of thiophene rings is 1. The van der Waals surface area contributed by atoms with Crippen LogP contribution in [0.2, 0.25) is 0 Å². The third-order valence-corrected chi connectivity index (χ3v) is 3.59. The first-order valence-corrected chi connectivity index (χ1v) is 5.43. The Balaban J connectivity index is 2.34. The monoisotopic (exact) mass is 190 g/mol. The lowest BCUT2D eigenvalue weighted by Crippen LogP contribution is -1.75. The van der Waals surface area contributed by atoms with Crippen LogP contribution in [0, 0.1) is 0 Å². The fraction of sp³-hybridized carbons (Fsp3) is 0.273. The van der Waals surface area contributed by atoms with Crippen LogP contribution in [0.1, 0.15) is 24.3 Å². The quantitative estimate of drug-likeness (QED) is 0.729. The van der Waals surface area contributed by atoms with Gasteiger partial charge in [0.2, 0.25) is 0 Å². The molecule has 0 unspecified atom stereocenters. The van der Waals surface area contributed by atoms with Gasteiger partial charge in [-0.05, 0) is 41.8 Å². The van der Waals surface area contributed by atoms with Gasteiger partial charge in [-0.2, -0.15) is 0 Å². The minimum atomic E-state index is 0.445. The van der Waals surface area contributed by atoms with E-state index in [9.17, 15) is 5.11 Å². The summed E-state index contributed by atoms with van der Waals surface area (Å²) < 4.78 is 1.21. The molecule has 2 heteroatoms. The van der Waals surface area contributed by atoms with Crippen LogP contribution in [0.5, 0.6) is 5.75 Å². The molecule has 1 aromatic heterocycles. The molecule has 1 nitrogen and oxygen atoms in total. The molecule has 1 aliphatic rings. The molecule has 3 rings (SSSR count). The second-order valence-electron chi connectivity index (χ2n) is 3.62. The number of aromatic hydroxyl groups is 1. The fourth-order valence-corrected chi connectivity index (χ4v) is 2.85. The van der Waals surface area contributed by atoms with Gasteiger partial charge < -0.3 is 5.11 Å². The normalized spacial score (nSPS) is 16.6. The van der Waals surface area contributed by atoms with Crippen molar-refractivity contribution in [3.63, 3.8) is 0 Å². The van der Waals surface area contributed by atoms with E-state index in [0.29, 0.717) is 5.75 Å². The summed E-state index contributed by atoms with van der Waals surface area (Å²) in [5.74, 6) is 1.17. The van der Waals surface area contributed by atoms with E-state index in [0.717, 1.165) is 11.3 Å². The Kier molecular flexibility index (Phi) is 1.41. The molecule has 0 saturated heterocycles. The van der Waals surface area contributed by atoms with Crippen molar-refractivity contribution in [2.45, 2.75) is 18.8 Å². The van der Waals surface area contributed by atoms with Gasteiger partial charge in [-0.3, -0.25) is 0 Å². The van der Waals surface area contributed by atoms with Crippen molar-refractivity contribution >= 4 is 21.4 Å². The van der Waals surface area contributed by atoms with Crippen molar-refractivity contribution in [3.05, 3.63) is 29.1 Å². The summed E-state index contributed by atoms with van der Waals surface area (Å²) in [7, 11) is 0. The van der Waals surface area contributed by atoms with Crippen LogP contribution >= 0.6 is 11.3 Å². The van der Waals surface area contributed by atoms with Crippen molar-refractivity contribution in [1.29, 1.82) is 0 Å². The van der Waals surface area contributed by atoms with Crippen LogP contribution in [-0.4, -0.2) is 5.11 Å². The number of phenolic OH excluding ortho intramolecular Hbond substituents is 1. The van der Waals surface area contributed by atoms with E-state index in [1.807, 2.05) is 6.07 Å². The Labute approximate surface area is 80.6 Å². The van der Waals surface area contributed by atoms with Gasteiger partial charge >= 0.3 is 0 Å². The van der Waals surface area contributed by atoms with Gasteiger partial charge in [0.15, 0.2) is 0 Å². The molecule has 1 saturated carbocycles. The number of hydrogen-bond donors (Lipinski definition) is 1. The highest BCUT2D eigenvalue weighted by atomic mass is 32.1. The first-order valence-electron chi connectivity index (χ1n) is 4.55. The first kappa shape index (κ1) is 7.39. The fourth-order valence-electron chi connectivity index (χ4n) is 1.79. The number of fused-ring (bicyclic) bond motifs is 1. The van der Waals surface area contributed by atoms with Gasteiger partial charge in [-0.15, -0.1) is 11.3 Å². The standard InChI is InChI=1S/C11H10OS/c12-9-2-1-3-10-11(9)8(6-13-10)7-4-5-7/h1-3,6-7,12H,4-5H2. The Morgan fingerprint density at radius 3 is 2.92 bits per heavy atom. The molecular formula is C11H10OS. The molecule has 0 bridgehead atoms. The SMILES string of the molecule is Oc1cccc2scc(C3CC3)c12. The van der Waals surface area contributed by atoms with Crippen molar-refractivity contribution in [1.82, 2.24) is 0 Å². The van der Waals surface area contributed by atoms with Crippen molar-refractivity contribution in [3.8, 4) is 5.75 Å². The van der Waals surface area contributed by atoms with E-state index in [2.05, 4.69) is 11.4 Å². The highest BCUT2D eigenvalue weighted by molar-refractivity contribution is 7.17. The molecule has 13 heavy (non-hydrogen) atoms. The maximum absolute atomic E-state index is 9.72. The number of benzene rings is 1. The van der Waals surface area contributed by atoms with E-state index >= 15 is 0 Å². The molecule has 1 aromatic carbocycles. The maximum Gasteiger partial charge on any atom is 0.124 e. The zero-order chi connectivity index (χ0) is 8.84. The number of phenols is 1. The summed E-state index contributed by atoms with van der Waals surface area (Å²) in [6.45, 7) is 0. The van der Waals surface area contributed by atoms with Gasteiger partial charge in [0.25, 0.3) is 0 Å². The highest BCUT2D eigenvalue weighted by Gasteiger charge is 2.27. The second-order valence-corrected chi connectivity index (χ2v) is 4.53. The highest BCUT2D eigenvalue weighted by Crippen LogP contribution is 2.47. The van der Waals surface area contributed by atoms with E-state index in [4.69, 9.17) is 0 Å². The third-order valence-electron chi connectivity index (χ3n) is 2.62.